The largest absolute Gasteiger partial charge is 0.465 e. The lowest BCUT2D eigenvalue weighted by Crippen LogP contribution is -2.30. The van der Waals surface area contributed by atoms with Gasteiger partial charge < -0.3 is 14.8 Å². The summed E-state index contributed by atoms with van der Waals surface area (Å²) in [6, 6.07) is 6.96. The van der Waals surface area contributed by atoms with E-state index in [4.69, 9.17) is 9.47 Å². The van der Waals surface area contributed by atoms with Crippen molar-refractivity contribution in [2.45, 2.75) is 27.2 Å². The van der Waals surface area contributed by atoms with Gasteiger partial charge in [0.25, 0.3) is 0 Å². The number of amides is 1. The normalized spacial score (nSPS) is 10.2. The second-order valence-electron chi connectivity index (χ2n) is 4.64. The number of hydrogen-bond donors (Lipinski definition) is 1. The SMILES string of the molecule is CCOC(=O)C(Cc1cccc(NC(C)=O)c1)C(=O)OCC. The Bertz CT molecular complexity index is 523. The van der Waals surface area contributed by atoms with Crippen LogP contribution in [0.1, 0.15) is 26.3 Å². The first-order valence-corrected chi connectivity index (χ1v) is 7.17. The summed E-state index contributed by atoms with van der Waals surface area (Å²) in [5, 5.41) is 2.66. The summed E-state index contributed by atoms with van der Waals surface area (Å²) >= 11 is 0. The second kappa shape index (κ2) is 8.81. The maximum absolute atomic E-state index is 11.9. The average Bonchev–Trinajstić information content (AvgIpc) is 2.45. The molecule has 0 unspecified atom stereocenters. The van der Waals surface area contributed by atoms with E-state index in [9.17, 15) is 14.4 Å². The summed E-state index contributed by atoms with van der Waals surface area (Å²) in [4.78, 5) is 34.9. The van der Waals surface area contributed by atoms with Crippen molar-refractivity contribution in [1.82, 2.24) is 0 Å². The van der Waals surface area contributed by atoms with E-state index in [0.717, 1.165) is 5.56 Å². The fourth-order valence-corrected chi connectivity index (χ4v) is 1.96. The van der Waals surface area contributed by atoms with Crippen molar-refractivity contribution < 1.29 is 23.9 Å². The van der Waals surface area contributed by atoms with Crippen molar-refractivity contribution in [3.8, 4) is 0 Å². The molecule has 1 rings (SSSR count). The van der Waals surface area contributed by atoms with Gasteiger partial charge in [0.2, 0.25) is 5.91 Å². The van der Waals surface area contributed by atoms with Crippen LogP contribution in [0.2, 0.25) is 0 Å². The van der Waals surface area contributed by atoms with Crippen LogP contribution in [0.4, 0.5) is 5.69 Å². The van der Waals surface area contributed by atoms with Crippen LogP contribution in [0.5, 0.6) is 0 Å². The first-order valence-electron chi connectivity index (χ1n) is 7.17. The maximum Gasteiger partial charge on any atom is 0.320 e. The Hall–Kier alpha value is -2.37. The topological polar surface area (TPSA) is 81.7 Å². The second-order valence-corrected chi connectivity index (χ2v) is 4.64. The lowest BCUT2D eigenvalue weighted by atomic mass is 9.99. The Morgan fingerprint density at radius 3 is 2.18 bits per heavy atom. The van der Waals surface area contributed by atoms with Crippen molar-refractivity contribution in [2.75, 3.05) is 18.5 Å². The van der Waals surface area contributed by atoms with Gasteiger partial charge >= 0.3 is 11.9 Å². The number of carbonyl (C=O) groups excluding carboxylic acids is 3. The monoisotopic (exact) mass is 307 g/mol. The summed E-state index contributed by atoms with van der Waals surface area (Å²) in [5.41, 5.74) is 1.34. The summed E-state index contributed by atoms with van der Waals surface area (Å²) in [7, 11) is 0. The smallest absolute Gasteiger partial charge is 0.320 e. The maximum atomic E-state index is 11.9. The highest BCUT2D eigenvalue weighted by atomic mass is 16.6. The van der Waals surface area contributed by atoms with Gasteiger partial charge in [-0.15, -0.1) is 0 Å². The van der Waals surface area contributed by atoms with E-state index in [-0.39, 0.29) is 25.5 Å². The van der Waals surface area contributed by atoms with Crippen LogP contribution in [0.15, 0.2) is 24.3 Å². The lowest BCUT2D eigenvalue weighted by molar-refractivity contribution is -0.161. The highest BCUT2D eigenvalue weighted by Crippen LogP contribution is 2.17. The van der Waals surface area contributed by atoms with Gasteiger partial charge in [0.15, 0.2) is 5.92 Å². The van der Waals surface area contributed by atoms with E-state index in [0.29, 0.717) is 5.69 Å². The lowest BCUT2D eigenvalue weighted by Gasteiger charge is -2.15. The molecule has 1 aromatic carbocycles. The summed E-state index contributed by atoms with van der Waals surface area (Å²) in [6.45, 7) is 5.16. The molecule has 0 atom stereocenters. The zero-order valence-corrected chi connectivity index (χ0v) is 13.0. The molecule has 1 aromatic rings. The van der Waals surface area contributed by atoms with E-state index in [2.05, 4.69) is 5.32 Å². The predicted molar refractivity (Wildman–Crippen MR) is 81.2 cm³/mol. The Morgan fingerprint density at radius 2 is 1.68 bits per heavy atom. The van der Waals surface area contributed by atoms with E-state index in [1.165, 1.54) is 6.92 Å². The molecule has 1 N–H and O–H groups in total. The van der Waals surface area contributed by atoms with Crippen LogP contribution in [0, 0.1) is 5.92 Å². The molecule has 0 aliphatic carbocycles. The first kappa shape index (κ1) is 17.7. The number of anilines is 1. The van der Waals surface area contributed by atoms with Crippen LogP contribution >= 0.6 is 0 Å². The fourth-order valence-electron chi connectivity index (χ4n) is 1.96. The standard InChI is InChI=1S/C16H21NO5/c1-4-21-15(19)14(16(20)22-5-2)10-12-7-6-8-13(9-12)17-11(3)18/h6-9,14H,4-5,10H2,1-3H3,(H,17,18). The van der Waals surface area contributed by atoms with Gasteiger partial charge in [-0.05, 0) is 38.0 Å². The molecule has 120 valence electrons. The summed E-state index contributed by atoms with van der Waals surface area (Å²) < 4.78 is 9.86. The number of rotatable bonds is 7. The van der Waals surface area contributed by atoms with Crippen LogP contribution in [-0.4, -0.2) is 31.1 Å². The van der Waals surface area contributed by atoms with E-state index >= 15 is 0 Å². The fraction of sp³-hybridized carbons (Fsp3) is 0.438. The molecular formula is C16H21NO5. The van der Waals surface area contributed by atoms with Crippen LogP contribution in [-0.2, 0) is 30.3 Å². The predicted octanol–water partition coefficient (Wildman–Crippen LogP) is 1.93. The highest BCUT2D eigenvalue weighted by molar-refractivity contribution is 5.95. The summed E-state index contributed by atoms with van der Waals surface area (Å²) in [6.07, 6.45) is 0.158. The molecule has 0 aromatic heterocycles. The Morgan fingerprint density at radius 1 is 1.09 bits per heavy atom. The molecule has 0 spiro atoms. The zero-order chi connectivity index (χ0) is 16.5. The van der Waals surface area contributed by atoms with E-state index in [1.54, 1.807) is 38.1 Å². The molecule has 6 heteroatoms. The minimum absolute atomic E-state index is 0.158. The number of benzene rings is 1. The number of hydrogen-bond acceptors (Lipinski definition) is 5. The van der Waals surface area contributed by atoms with Crippen LogP contribution in [0.25, 0.3) is 0 Å². The van der Waals surface area contributed by atoms with Gasteiger partial charge in [0, 0.05) is 12.6 Å². The Kier molecular flexibility index (Phi) is 7.08. The summed E-state index contributed by atoms with van der Waals surface area (Å²) in [5.74, 6) is -2.41. The average molecular weight is 307 g/mol. The number of esters is 2. The molecule has 22 heavy (non-hydrogen) atoms. The molecule has 0 heterocycles. The molecule has 6 nitrogen and oxygen atoms in total. The molecule has 0 aliphatic heterocycles. The van der Waals surface area contributed by atoms with Crippen LogP contribution < -0.4 is 5.32 Å². The zero-order valence-electron chi connectivity index (χ0n) is 13.0. The van der Waals surface area contributed by atoms with Gasteiger partial charge in [0.05, 0.1) is 13.2 Å². The number of carbonyl (C=O) groups is 3. The van der Waals surface area contributed by atoms with Gasteiger partial charge in [-0.2, -0.15) is 0 Å². The molecule has 1 amide bonds. The third kappa shape index (κ3) is 5.55. The van der Waals surface area contributed by atoms with Crippen molar-refractivity contribution in [3.63, 3.8) is 0 Å². The molecule has 0 radical (unpaired) electrons. The molecule has 0 bridgehead atoms. The molecule has 0 saturated carbocycles. The minimum atomic E-state index is -1.01. The van der Waals surface area contributed by atoms with Crippen molar-refractivity contribution in [2.24, 2.45) is 5.92 Å². The quantitative estimate of drug-likeness (QED) is 0.615. The van der Waals surface area contributed by atoms with Crippen molar-refractivity contribution in [1.29, 1.82) is 0 Å². The molecule has 0 saturated heterocycles. The molecule has 0 fully saturated rings. The van der Waals surface area contributed by atoms with Crippen molar-refractivity contribution >= 4 is 23.5 Å². The van der Waals surface area contributed by atoms with Crippen LogP contribution in [0.3, 0.4) is 0 Å². The molecule has 0 aliphatic rings. The van der Waals surface area contributed by atoms with E-state index < -0.39 is 17.9 Å². The van der Waals surface area contributed by atoms with Gasteiger partial charge in [-0.1, -0.05) is 12.1 Å². The van der Waals surface area contributed by atoms with Gasteiger partial charge in [0.1, 0.15) is 0 Å². The molecular weight excluding hydrogens is 286 g/mol. The minimum Gasteiger partial charge on any atom is -0.465 e. The first-order chi connectivity index (χ1) is 10.5. The van der Waals surface area contributed by atoms with Gasteiger partial charge in [-0.3, -0.25) is 14.4 Å². The Balaban J connectivity index is 2.90. The number of ether oxygens (including phenoxy) is 2. The van der Waals surface area contributed by atoms with Gasteiger partial charge in [-0.25, -0.2) is 0 Å². The Labute approximate surface area is 129 Å². The van der Waals surface area contributed by atoms with E-state index in [1.807, 2.05) is 0 Å². The third-order valence-corrected chi connectivity index (χ3v) is 2.83. The number of nitrogens with one attached hydrogen (secondary N) is 1. The van der Waals surface area contributed by atoms with Crippen molar-refractivity contribution in [3.05, 3.63) is 29.8 Å². The third-order valence-electron chi connectivity index (χ3n) is 2.83. The highest BCUT2D eigenvalue weighted by Gasteiger charge is 2.29.